The molecule has 0 heterocycles. The van der Waals surface area contributed by atoms with Crippen LogP contribution < -0.4 is 5.32 Å². The summed E-state index contributed by atoms with van der Waals surface area (Å²) >= 11 is 3.33. The molecular weight excluding hydrogens is 296 g/mol. The van der Waals surface area contributed by atoms with Crippen molar-refractivity contribution in [1.82, 2.24) is 0 Å². The molecule has 18 heavy (non-hydrogen) atoms. The number of aliphatic carboxylic acids is 1. The van der Waals surface area contributed by atoms with E-state index in [1.807, 2.05) is 19.9 Å². The predicted octanol–water partition coefficient (Wildman–Crippen LogP) is 3.23. The first kappa shape index (κ1) is 14.5. The molecule has 2 N–H and O–H groups in total. The molecule has 4 nitrogen and oxygen atoms in total. The molecule has 0 aliphatic heterocycles. The second-order valence-electron chi connectivity index (χ2n) is 4.15. The van der Waals surface area contributed by atoms with Gasteiger partial charge in [-0.25, -0.2) is 4.79 Å². The Kier molecular flexibility index (Phi) is 5.17. The van der Waals surface area contributed by atoms with Crippen molar-refractivity contribution in [1.29, 1.82) is 5.26 Å². The molecule has 1 aromatic rings. The highest BCUT2D eigenvalue weighted by Gasteiger charge is 2.23. The average molecular weight is 311 g/mol. The molecule has 0 saturated heterocycles. The second kappa shape index (κ2) is 6.41. The number of carbonyl (C=O) groups is 1. The van der Waals surface area contributed by atoms with Crippen LogP contribution in [-0.2, 0) is 4.79 Å². The molecule has 96 valence electrons. The van der Waals surface area contributed by atoms with E-state index in [2.05, 4.69) is 21.2 Å². The van der Waals surface area contributed by atoms with E-state index >= 15 is 0 Å². The normalized spacial score (nSPS) is 13.4. The monoisotopic (exact) mass is 310 g/mol. The molecule has 0 fully saturated rings. The van der Waals surface area contributed by atoms with Gasteiger partial charge in [0.15, 0.2) is 0 Å². The number of nitriles is 1. The Morgan fingerprint density at radius 2 is 2.28 bits per heavy atom. The van der Waals surface area contributed by atoms with Crippen LogP contribution in [0.4, 0.5) is 5.69 Å². The maximum absolute atomic E-state index is 11.2. The zero-order chi connectivity index (χ0) is 13.7. The largest absolute Gasteiger partial charge is 0.480 e. The molecule has 0 radical (unpaired) electrons. The number of hydrogen-bond donors (Lipinski definition) is 2. The van der Waals surface area contributed by atoms with Gasteiger partial charge >= 0.3 is 5.97 Å². The van der Waals surface area contributed by atoms with Crippen molar-refractivity contribution in [3.05, 3.63) is 28.2 Å². The number of hydrogen-bond acceptors (Lipinski definition) is 3. The molecule has 0 amide bonds. The summed E-state index contributed by atoms with van der Waals surface area (Å²) < 4.78 is 0.691. The molecule has 0 aliphatic rings. The van der Waals surface area contributed by atoms with Gasteiger partial charge in [0.2, 0.25) is 0 Å². The summed E-state index contributed by atoms with van der Waals surface area (Å²) in [7, 11) is 0. The van der Waals surface area contributed by atoms with Crippen LogP contribution >= 0.6 is 15.9 Å². The molecule has 0 aromatic heterocycles. The molecule has 1 rings (SSSR count). The lowest BCUT2D eigenvalue weighted by molar-refractivity contribution is -0.139. The molecular formula is C13H15BrN2O2. The van der Waals surface area contributed by atoms with E-state index in [1.165, 1.54) is 0 Å². The van der Waals surface area contributed by atoms with Gasteiger partial charge in [-0.2, -0.15) is 5.26 Å². The SMILES string of the molecule is CC[C@H](C)[C@H](Nc1ccc(C#N)cc1Br)C(=O)O. The second-order valence-corrected chi connectivity index (χ2v) is 5.01. The first-order valence-electron chi connectivity index (χ1n) is 5.68. The Balaban J connectivity index is 2.95. The van der Waals surface area contributed by atoms with Crippen LogP contribution in [0.15, 0.2) is 22.7 Å². The highest BCUT2D eigenvalue weighted by atomic mass is 79.9. The number of anilines is 1. The van der Waals surface area contributed by atoms with E-state index in [1.54, 1.807) is 18.2 Å². The summed E-state index contributed by atoms with van der Waals surface area (Å²) in [6, 6.07) is 6.42. The minimum absolute atomic E-state index is 0.0186. The summed E-state index contributed by atoms with van der Waals surface area (Å²) in [4.78, 5) is 11.2. The Hall–Kier alpha value is -1.54. The van der Waals surface area contributed by atoms with Crippen molar-refractivity contribution in [2.24, 2.45) is 5.92 Å². The van der Waals surface area contributed by atoms with E-state index in [-0.39, 0.29) is 5.92 Å². The van der Waals surface area contributed by atoms with Crippen molar-refractivity contribution in [3.8, 4) is 6.07 Å². The van der Waals surface area contributed by atoms with E-state index in [4.69, 9.17) is 5.26 Å². The van der Waals surface area contributed by atoms with Crippen molar-refractivity contribution >= 4 is 27.6 Å². The van der Waals surface area contributed by atoms with Gasteiger partial charge in [0.25, 0.3) is 0 Å². The minimum Gasteiger partial charge on any atom is -0.480 e. The predicted molar refractivity (Wildman–Crippen MR) is 73.4 cm³/mol. The van der Waals surface area contributed by atoms with Gasteiger partial charge in [0.1, 0.15) is 6.04 Å². The standard InChI is InChI=1S/C13H15BrN2O2/c1-3-8(2)12(13(17)18)16-11-5-4-9(7-15)6-10(11)14/h4-6,8,12,16H,3H2,1-2H3,(H,17,18)/t8-,12-/m0/s1. The first-order chi connectivity index (χ1) is 8.49. The summed E-state index contributed by atoms with van der Waals surface area (Å²) in [5, 5.41) is 21.0. The average Bonchev–Trinajstić information content (AvgIpc) is 2.35. The van der Waals surface area contributed by atoms with Crippen molar-refractivity contribution in [3.63, 3.8) is 0 Å². The fourth-order valence-corrected chi connectivity index (χ4v) is 2.05. The van der Waals surface area contributed by atoms with Crippen LogP contribution in [0, 0.1) is 17.2 Å². The van der Waals surface area contributed by atoms with Crippen LogP contribution in [0.5, 0.6) is 0 Å². The summed E-state index contributed by atoms with van der Waals surface area (Å²) in [5.74, 6) is -0.856. The minimum atomic E-state index is -0.874. The fourth-order valence-electron chi connectivity index (χ4n) is 1.55. The van der Waals surface area contributed by atoms with Gasteiger partial charge in [-0.15, -0.1) is 0 Å². The molecule has 5 heteroatoms. The zero-order valence-electron chi connectivity index (χ0n) is 10.3. The number of carboxylic acid groups (broad SMARTS) is 1. The molecule has 2 atom stereocenters. The zero-order valence-corrected chi connectivity index (χ0v) is 11.9. The van der Waals surface area contributed by atoms with Crippen molar-refractivity contribution < 1.29 is 9.90 Å². The van der Waals surface area contributed by atoms with E-state index < -0.39 is 12.0 Å². The third-order valence-electron chi connectivity index (χ3n) is 2.89. The quantitative estimate of drug-likeness (QED) is 0.875. The van der Waals surface area contributed by atoms with Gasteiger partial charge < -0.3 is 10.4 Å². The van der Waals surface area contributed by atoms with Gasteiger partial charge in [0, 0.05) is 10.2 Å². The molecule has 0 aliphatic carbocycles. The lowest BCUT2D eigenvalue weighted by Crippen LogP contribution is -2.35. The number of rotatable bonds is 5. The Morgan fingerprint density at radius 1 is 1.61 bits per heavy atom. The number of carboxylic acids is 1. The van der Waals surface area contributed by atoms with Crippen LogP contribution in [-0.4, -0.2) is 17.1 Å². The van der Waals surface area contributed by atoms with Gasteiger partial charge in [-0.1, -0.05) is 20.3 Å². The lowest BCUT2D eigenvalue weighted by Gasteiger charge is -2.22. The number of nitrogens with zero attached hydrogens (tertiary/aromatic N) is 1. The lowest BCUT2D eigenvalue weighted by atomic mass is 9.99. The molecule has 0 spiro atoms. The van der Waals surface area contributed by atoms with E-state index in [0.717, 1.165) is 6.42 Å². The van der Waals surface area contributed by atoms with Gasteiger partial charge in [-0.3, -0.25) is 0 Å². The number of benzene rings is 1. The Bertz CT molecular complexity index is 482. The summed E-state index contributed by atoms with van der Waals surface area (Å²) in [6.45, 7) is 3.85. The molecule has 0 saturated carbocycles. The van der Waals surface area contributed by atoms with Crippen molar-refractivity contribution in [2.45, 2.75) is 26.3 Å². The van der Waals surface area contributed by atoms with E-state index in [0.29, 0.717) is 15.7 Å². The highest BCUT2D eigenvalue weighted by molar-refractivity contribution is 9.10. The number of halogens is 1. The number of nitrogens with one attached hydrogen (secondary N) is 1. The molecule has 0 unspecified atom stereocenters. The van der Waals surface area contributed by atoms with Gasteiger partial charge in [0.05, 0.1) is 11.6 Å². The van der Waals surface area contributed by atoms with Gasteiger partial charge in [-0.05, 0) is 40.0 Å². The first-order valence-corrected chi connectivity index (χ1v) is 6.47. The highest BCUT2D eigenvalue weighted by Crippen LogP contribution is 2.25. The molecule has 0 bridgehead atoms. The smallest absolute Gasteiger partial charge is 0.326 e. The van der Waals surface area contributed by atoms with Crippen molar-refractivity contribution in [2.75, 3.05) is 5.32 Å². The third-order valence-corrected chi connectivity index (χ3v) is 3.54. The maximum Gasteiger partial charge on any atom is 0.326 e. The van der Waals surface area contributed by atoms with Crippen LogP contribution in [0.3, 0.4) is 0 Å². The van der Waals surface area contributed by atoms with Crippen LogP contribution in [0.25, 0.3) is 0 Å². The Labute approximate surface area is 115 Å². The topological polar surface area (TPSA) is 73.1 Å². The Morgan fingerprint density at radius 3 is 2.72 bits per heavy atom. The summed E-state index contributed by atoms with van der Waals surface area (Å²) in [5.41, 5.74) is 1.21. The summed E-state index contributed by atoms with van der Waals surface area (Å²) in [6.07, 6.45) is 0.776. The van der Waals surface area contributed by atoms with Crippen LogP contribution in [0.2, 0.25) is 0 Å². The fraction of sp³-hybridized carbons (Fsp3) is 0.385. The maximum atomic E-state index is 11.2. The van der Waals surface area contributed by atoms with Crippen LogP contribution in [0.1, 0.15) is 25.8 Å². The molecule has 1 aromatic carbocycles. The van der Waals surface area contributed by atoms with E-state index in [9.17, 15) is 9.90 Å². The third kappa shape index (κ3) is 3.47.